The van der Waals surface area contributed by atoms with Gasteiger partial charge in [0.1, 0.15) is 12.1 Å². The van der Waals surface area contributed by atoms with Crippen molar-refractivity contribution in [2.24, 2.45) is 5.73 Å². The summed E-state index contributed by atoms with van der Waals surface area (Å²) in [5.41, 5.74) is 5.44. The van der Waals surface area contributed by atoms with Gasteiger partial charge in [-0.2, -0.15) is 11.8 Å². The number of carboxylic acids is 2. The van der Waals surface area contributed by atoms with Crippen LogP contribution in [0, 0.1) is 0 Å². The van der Waals surface area contributed by atoms with Crippen molar-refractivity contribution in [3.05, 3.63) is 0 Å². The van der Waals surface area contributed by atoms with E-state index >= 15 is 0 Å². The summed E-state index contributed by atoms with van der Waals surface area (Å²) in [5, 5.41) is 24.2. The minimum atomic E-state index is -1.61. The standard InChI is InChI=1S/C14H24N4O7S/c1-7(15)12(22)18-8(3-4-26-2)13(23)16-6-10(19)17-9(14(24)25)5-11(20)21/h7-9H,3-6,15H2,1-2H3,(H,16,23)(H,17,19)(H,18,22)(H,20,21)(H,24,25). The molecule has 3 amide bonds. The highest BCUT2D eigenvalue weighted by Gasteiger charge is 2.25. The lowest BCUT2D eigenvalue weighted by atomic mass is 10.2. The van der Waals surface area contributed by atoms with Crippen LogP contribution in [0.1, 0.15) is 19.8 Å². The molecule has 0 rings (SSSR count). The van der Waals surface area contributed by atoms with Gasteiger partial charge >= 0.3 is 11.9 Å². The molecule has 0 aliphatic rings. The molecule has 0 bridgehead atoms. The Hall–Kier alpha value is -2.34. The van der Waals surface area contributed by atoms with Crippen molar-refractivity contribution in [1.29, 1.82) is 0 Å². The molecular formula is C14H24N4O7S. The first-order valence-corrected chi connectivity index (χ1v) is 9.04. The molecule has 0 saturated heterocycles. The van der Waals surface area contributed by atoms with Crippen molar-refractivity contribution in [1.82, 2.24) is 16.0 Å². The van der Waals surface area contributed by atoms with E-state index in [9.17, 15) is 24.0 Å². The second kappa shape index (κ2) is 12.1. The van der Waals surface area contributed by atoms with Gasteiger partial charge in [0.15, 0.2) is 0 Å². The molecule has 3 unspecified atom stereocenters. The molecule has 0 aliphatic heterocycles. The van der Waals surface area contributed by atoms with Crippen LogP contribution in [0.5, 0.6) is 0 Å². The van der Waals surface area contributed by atoms with Gasteiger partial charge in [0, 0.05) is 0 Å². The third-order valence-corrected chi connectivity index (χ3v) is 3.74. The molecule has 0 fully saturated rings. The number of amides is 3. The summed E-state index contributed by atoms with van der Waals surface area (Å²) in [4.78, 5) is 57.0. The van der Waals surface area contributed by atoms with E-state index in [1.807, 2.05) is 11.6 Å². The van der Waals surface area contributed by atoms with E-state index in [0.717, 1.165) is 0 Å². The van der Waals surface area contributed by atoms with Crippen molar-refractivity contribution in [3.8, 4) is 0 Å². The number of hydrogen-bond donors (Lipinski definition) is 6. The summed E-state index contributed by atoms with van der Waals surface area (Å²) in [7, 11) is 0. The van der Waals surface area contributed by atoms with E-state index < -0.39 is 60.8 Å². The molecule has 0 aromatic heterocycles. The van der Waals surface area contributed by atoms with E-state index in [4.69, 9.17) is 15.9 Å². The van der Waals surface area contributed by atoms with Gasteiger partial charge in [-0.1, -0.05) is 0 Å². The second-order valence-corrected chi connectivity index (χ2v) is 6.39. The van der Waals surface area contributed by atoms with E-state index in [-0.39, 0.29) is 0 Å². The summed E-state index contributed by atoms with van der Waals surface area (Å²) < 4.78 is 0. The Labute approximate surface area is 154 Å². The van der Waals surface area contributed by atoms with Crippen molar-refractivity contribution >= 4 is 41.4 Å². The Morgan fingerprint density at radius 3 is 2.12 bits per heavy atom. The molecule has 0 spiro atoms. The van der Waals surface area contributed by atoms with Crippen molar-refractivity contribution in [2.45, 2.75) is 37.9 Å². The zero-order valence-electron chi connectivity index (χ0n) is 14.5. The lowest BCUT2D eigenvalue weighted by Crippen LogP contribution is -2.53. The van der Waals surface area contributed by atoms with Crippen molar-refractivity contribution in [3.63, 3.8) is 0 Å². The van der Waals surface area contributed by atoms with E-state index in [1.54, 1.807) is 0 Å². The molecule has 11 nitrogen and oxygen atoms in total. The summed E-state index contributed by atoms with van der Waals surface area (Å²) in [6.07, 6.45) is 1.34. The number of nitrogens with two attached hydrogens (primary N) is 1. The average Bonchev–Trinajstić information content (AvgIpc) is 2.54. The number of thioether (sulfide) groups is 1. The van der Waals surface area contributed by atoms with E-state index in [0.29, 0.717) is 12.2 Å². The van der Waals surface area contributed by atoms with Crippen LogP contribution in [-0.2, 0) is 24.0 Å². The summed E-state index contributed by atoms with van der Waals surface area (Å²) in [6, 6.07) is -3.32. The van der Waals surface area contributed by atoms with Gasteiger partial charge in [-0.3, -0.25) is 19.2 Å². The number of hydrogen-bond acceptors (Lipinski definition) is 7. The topological polar surface area (TPSA) is 188 Å². The Balaban J connectivity index is 4.67. The largest absolute Gasteiger partial charge is 0.481 e. The quantitative estimate of drug-likeness (QED) is 0.213. The minimum Gasteiger partial charge on any atom is -0.481 e. The van der Waals surface area contributed by atoms with Crippen molar-refractivity contribution in [2.75, 3.05) is 18.6 Å². The average molecular weight is 392 g/mol. The maximum absolute atomic E-state index is 12.1. The first-order chi connectivity index (χ1) is 12.1. The molecule has 26 heavy (non-hydrogen) atoms. The van der Waals surface area contributed by atoms with Crippen LogP contribution in [0.25, 0.3) is 0 Å². The number of carbonyl (C=O) groups excluding carboxylic acids is 3. The van der Waals surface area contributed by atoms with E-state index in [1.165, 1.54) is 18.7 Å². The zero-order chi connectivity index (χ0) is 20.3. The Bertz CT molecular complexity index is 541. The predicted octanol–water partition coefficient (Wildman–Crippen LogP) is -2.27. The van der Waals surface area contributed by atoms with Gasteiger partial charge in [-0.25, -0.2) is 4.79 Å². The molecular weight excluding hydrogens is 368 g/mol. The third kappa shape index (κ3) is 9.84. The number of nitrogens with one attached hydrogen (secondary N) is 3. The summed E-state index contributed by atoms with van der Waals surface area (Å²) in [5.74, 6) is -4.35. The molecule has 148 valence electrons. The maximum Gasteiger partial charge on any atom is 0.326 e. The molecule has 0 aromatic carbocycles. The van der Waals surface area contributed by atoms with Crippen LogP contribution in [0.3, 0.4) is 0 Å². The molecule has 7 N–H and O–H groups in total. The first-order valence-electron chi connectivity index (χ1n) is 7.65. The fourth-order valence-electron chi connectivity index (χ4n) is 1.72. The van der Waals surface area contributed by atoms with Crippen LogP contribution in [0.2, 0.25) is 0 Å². The lowest BCUT2D eigenvalue weighted by molar-refractivity contribution is -0.147. The highest BCUT2D eigenvalue weighted by molar-refractivity contribution is 7.98. The van der Waals surface area contributed by atoms with Crippen LogP contribution in [0.15, 0.2) is 0 Å². The SMILES string of the molecule is CSCCC(NC(=O)C(C)N)C(=O)NCC(=O)NC(CC(=O)O)C(=O)O. The molecule has 0 aromatic rings. The Morgan fingerprint density at radius 2 is 1.65 bits per heavy atom. The molecule has 0 saturated carbocycles. The molecule has 3 atom stereocenters. The second-order valence-electron chi connectivity index (χ2n) is 5.41. The van der Waals surface area contributed by atoms with Crippen LogP contribution in [0.4, 0.5) is 0 Å². The lowest BCUT2D eigenvalue weighted by Gasteiger charge is -2.19. The van der Waals surface area contributed by atoms with Gasteiger partial charge in [-0.05, 0) is 25.4 Å². The smallest absolute Gasteiger partial charge is 0.326 e. The highest BCUT2D eigenvalue weighted by atomic mass is 32.2. The number of aliphatic carboxylic acids is 2. The van der Waals surface area contributed by atoms with Crippen molar-refractivity contribution < 1.29 is 34.2 Å². The van der Waals surface area contributed by atoms with Gasteiger partial charge in [0.05, 0.1) is 19.0 Å². The van der Waals surface area contributed by atoms with Gasteiger partial charge < -0.3 is 31.9 Å². The van der Waals surface area contributed by atoms with Gasteiger partial charge in [-0.15, -0.1) is 0 Å². The molecule has 0 aliphatic carbocycles. The normalized spacial score (nSPS) is 13.8. The minimum absolute atomic E-state index is 0.309. The summed E-state index contributed by atoms with van der Waals surface area (Å²) >= 11 is 1.46. The van der Waals surface area contributed by atoms with E-state index in [2.05, 4.69) is 10.6 Å². The molecule has 0 heterocycles. The van der Waals surface area contributed by atoms with Gasteiger partial charge in [0.2, 0.25) is 17.7 Å². The first kappa shape index (κ1) is 23.7. The Morgan fingerprint density at radius 1 is 1.04 bits per heavy atom. The highest BCUT2D eigenvalue weighted by Crippen LogP contribution is 2.01. The van der Waals surface area contributed by atoms with Crippen LogP contribution < -0.4 is 21.7 Å². The summed E-state index contributed by atoms with van der Waals surface area (Å²) in [6.45, 7) is 0.896. The number of rotatable bonds is 12. The predicted molar refractivity (Wildman–Crippen MR) is 93.4 cm³/mol. The Kier molecular flexibility index (Phi) is 11.0. The number of carbonyl (C=O) groups is 5. The van der Waals surface area contributed by atoms with Gasteiger partial charge in [0.25, 0.3) is 0 Å². The molecule has 12 heteroatoms. The maximum atomic E-state index is 12.1. The zero-order valence-corrected chi connectivity index (χ0v) is 15.3. The molecule has 0 radical (unpaired) electrons. The fraction of sp³-hybridized carbons (Fsp3) is 0.643. The fourth-order valence-corrected chi connectivity index (χ4v) is 2.19. The van der Waals surface area contributed by atoms with Crippen LogP contribution >= 0.6 is 11.8 Å². The third-order valence-electron chi connectivity index (χ3n) is 3.09. The number of carboxylic acid groups (broad SMARTS) is 2. The van der Waals surface area contributed by atoms with Crippen LogP contribution in [-0.4, -0.2) is 76.6 Å². The monoisotopic (exact) mass is 392 g/mol.